The third kappa shape index (κ3) is 4.45. The Bertz CT molecular complexity index is 518. The lowest BCUT2D eigenvalue weighted by Crippen LogP contribution is -2.30. The molecule has 1 heterocycles. The largest absolute Gasteiger partial charge is 0.494 e. The summed E-state index contributed by atoms with van der Waals surface area (Å²) < 4.78 is 22.8. The molecule has 3 unspecified atom stereocenters. The zero-order valence-electron chi connectivity index (χ0n) is 13.3. The van der Waals surface area contributed by atoms with Crippen LogP contribution in [-0.4, -0.2) is 35.0 Å². The van der Waals surface area contributed by atoms with Crippen molar-refractivity contribution in [1.29, 1.82) is 0 Å². The molecular formula is C16H25NO3S. The second kappa shape index (κ2) is 7.27. The Balaban J connectivity index is 2.10. The summed E-state index contributed by atoms with van der Waals surface area (Å²) in [6.45, 7) is 7.46. The molecule has 4 nitrogen and oxygen atoms in total. The average molecular weight is 311 g/mol. The van der Waals surface area contributed by atoms with E-state index in [1.54, 1.807) is 6.26 Å². The molecule has 5 heteroatoms. The first-order chi connectivity index (χ1) is 9.99. The van der Waals surface area contributed by atoms with Crippen LogP contribution >= 0.6 is 0 Å². The topological polar surface area (TPSA) is 47.6 Å². The van der Waals surface area contributed by atoms with Crippen LogP contribution in [0.15, 0.2) is 12.1 Å². The summed E-state index contributed by atoms with van der Waals surface area (Å²) in [5, 5.41) is 3.40. The molecule has 21 heavy (non-hydrogen) atoms. The Morgan fingerprint density at radius 2 is 2.29 bits per heavy atom. The minimum absolute atomic E-state index is 0.207. The number of rotatable bonds is 7. The first-order valence-electron chi connectivity index (χ1n) is 7.48. The van der Waals surface area contributed by atoms with Crippen molar-refractivity contribution in [3.05, 3.63) is 23.3 Å². The minimum atomic E-state index is -0.785. The van der Waals surface area contributed by atoms with Gasteiger partial charge in [0.1, 0.15) is 17.6 Å². The molecule has 0 aromatic heterocycles. The van der Waals surface area contributed by atoms with Gasteiger partial charge in [-0.15, -0.1) is 0 Å². The standard InChI is InChI=1S/C16H25NO3S/c1-5-19-15-7-13-6-12(3)20-16(13)8-14(15)9-17-11(2)10-21(4)18/h7-8,11-12,17H,5-6,9-10H2,1-4H3. The number of fused-ring (bicyclic) bond motifs is 1. The van der Waals surface area contributed by atoms with E-state index in [0.717, 1.165) is 23.5 Å². The SMILES string of the molecule is CCOc1cc2c(cc1CNC(C)CS(C)=O)OC(C)C2. The normalized spacial score (nSPS) is 19.7. The zero-order chi connectivity index (χ0) is 15.4. The Morgan fingerprint density at radius 3 is 2.95 bits per heavy atom. The summed E-state index contributed by atoms with van der Waals surface area (Å²) in [4.78, 5) is 0. The molecule has 1 aliphatic rings. The predicted molar refractivity (Wildman–Crippen MR) is 86.6 cm³/mol. The Morgan fingerprint density at radius 1 is 1.52 bits per heavy atom. The molecular weight excluding hydrogens is 286 g/mol. The highest BCUT2D eigenvalue weighted by Gasteiger charge is 2.21. The van der Waals surface area contributed by atoms with E-state index in [9.17, 15) is 4.21 Å². The zero-order valence-corrected chi connectivity index (χ0v) is 14.1. The Kier molecular flexibility index (Phi) is 5.65. The lowest BCUT2D eigenvalue weighted by Gasteiger charge is -2.16. The molecule has 0 bridgehead atoms. The van der Waals surface area contributed by atoms with E-state index in [0.29, 0.717) is 18.9 Å². The molecule has 2 rings (SSSR count). The molecule has 0 saturated heterocycles. The van der Waals surface area contributed by atoms with Crippen LogP contribution in [0, 0.1) is 0 Å². The van der Waals surface area contributed by atoms with E-state index in [-0.39, 0.29) is 12.1 Å². The van der Waals surface area contributed by atoms with Crippen LogP contribution < -0.4 is 14.8 Å². The fourth-order valence-electron chi connectivity index (χ4n) is 2.60. The van der Waals surface area contributed by atoms with Gasteiger partial charge in [0.15, 0.2) is 0 Å². The summed E-state index contributed by atoms with van der Waals surface area (Å²) in [6, 6.07) is 4.38. The first-order valence-corrected chi connectivity index (χ1v) is 9.21. The van der Waals surface area contributed by atoms with Crippen molar-refractivity contribution in [1.82, 2.24) is 5.32 Å². The van der Waals surface area contributed by atoms with Gasteiger partial charge in [-0.1, -0.05) is 0 Å². The number of ether oxygens (including phenoxy) is 2. The maximum atomic E-state index is 11.3. The second-order valence-corrected chi connectivity index (χ2v) is 7.13. The predicted octanol–water partition coefficient (Wildman–Crippen LogP) is 2.27. The Hall–Kier alpha value is -1.07. The van der Waals surface area contributed by atoms with Crippen LogP contribution in [0.4, 0.5) is 0 Å². The highest BCUT2D eigenvalue weighted by atomic mass is 32.2. The first kappa shape index (κ1) is 16.3. The van der Waals surface area contributed by atoms with Gasteiger partial charge in [0.2, 0.25) is 0 Å². The van der Waals surface area contributed by atoms with Gasteiger partial charge in [0.05, 0.1) is 6.61 Å². The minimum Gasteiger partial charge on any atom is -0.494 e. The molecule has 0 aliphatic carbocycles. The molecule has 1 aromatic rings. The van der Waals surface area contributed by atoms with Crippen molar-refractivity contribution < 1.29 is 13.7 Å². The lowest BCUT2D eigenvalue weighted by molar-refractivity contribution is 0.254. The number of hydrogen-bond acceptors (Lipinski definition) is 4. The van der Waals surface area contributed by atoms with Gasteiger partial charge in [0.25, 0.3) is 0 Å². The van der Waals surface area contributed by atoms with E-state index in [4.69, 9.17) is 9.47 Å². The van der Waals surface area contributed by atoms with Gasteiger partial charge >= 0.3 is 0 Å². The summed E-state index contributed by atoms with van der Waals surface area (Å²) in [5.41, 5.74) is 2.32. The average Bonchev–Trinajstić information content (AvgIpc) is 2.74. The van der Waals surface area contributed by atoms with Gasteiger partial charge < -0.3 is 14.8 Å². The van der Waals surface area contributed by atoms with E-state index in [1.807, 2.05) is 13.8 Å². The van der Waals surface area contributed by atoms with Gasteiger partial charge in [0, 0.05) is 52.9 Å². The van der Waals surface area contributed by atoms with E-state index >= 15 is 0 Å². The third-order valence-electron chi connectivity index (χ3n) is 3.50. The summed E-state index contributed by atoms with van der Waals surface area (Å²) in [5.74, 6) is 2.54. The third-order valence-corrected chi connectivity index (χ3v) is 4.47. The smallest absolute Gasteiger partial charge is 0.124 e. The molecule has 0 saturated carbocycles. The Labute approximate surface area is 129 Å². The maximum Gasteiger partial charge on any atom is 0.124 e. The van der Waals surface area contributed by atoms with Gasteiger partial charge in [-0.25, -0.2) is 0 Å². The van der Waals surface area contributed by atoms with Crippen molar-refractivity contribution in [2.75, 3.05) is 18.6 Å². The van der Waals surface area contributed by atoms with Crippen molar-refractivity contribution in [2.24, 2.45) is 0 Å². The number of benzene rings is 1. The van der Waals surface area contributed by atoms with Crippen LogP contribution in [0.2, 0.25) is 0 Å². The molecule has 1 N–H and O–H groups in total. The monoisotopic (exact) mass is 311 g/mol. The quantitative estimate of drug-likeness (QED) is 0.839. The summed E-state index contributed by atoms with van der Waals surface area (Å²) >= 11 is 0. The molecule has 0 amide bonds. The van der Waals surface area contributed by atoms with Crippen LogP contribution in [0.5, 0.6) is 11.5 Å². The van der Waals surface area contributed by atoms with Gasteiger partial charge in [-0.2, -0.15) is 0 Å². The van der Waals surface area contributed by atoms with Crippen molar-refractivity contribution in [2.45, 2.75) is 45.9 Å². The van der Waals surface area contributed by atoms with Crippen molar-refractivity contribution in [3.63, 3.8) is 0 Å². The molecule has 0 spiro atoms. The van der Waals surface area contributed by atoms with Crippen molar-refractivity contribution >= 4 is 10.8 Å². The number of hydrogen-bond donors (Lipinski definition) is 1. The molecule has 0 fully saturated rings. The molecule has 1 aliphatic heterocycles. The van der Waals surface area contributed by atoms with Crippen LogP contribution in [0.3, 0.4) is 0 Å². The summed E-state index contributed by atoms with van der Waals surface area (Å²) in [6.07, 6.45) is 2.90. The van der Waals surface area contributed by atoms with E-state index < -0.39 is 10.8 Å². The van der Waals surface area contributed by atoms with E-state index in [2.05, 4.69) is 24.4 Å². The molecule has 1 aromatic carbocycles. The molecule has 3 atom stereocenters. The van der Waals surface area contributed by atoms with E-state index in [1.165, 1.54) is 5.56 Å². The van der Waals surface area contributed by atoms with Crippen molar-refractivity contribution in [3.8, 4) is 11.5 Å². The fourth-order valence-corrected chi connectivity index (χ4v) is 3.43. The highest BCUT2D eigenvalue weighted by molar-refractivity contribution is 7.84. The highest BCUT2D eigenvalue weighted by Crippen LogP contribution is 2.35. The summed E-state index contributed by atoms with van der Waals surface area (Å²) in [7, 11) is -0.785. The van der Waals surface area contributed by atoms with Crippen LogP contribution in [0.25, 0.3) is 0 Å². The van der Waals surface area contributed by atoms with Crippen LogP contribution in [-0.2, 0) is 23.8 Å². The fraction of sp³-hybridized carbons (Fsp3) is 0.625. The maximum absolute atomic E-state index is 11.3. The molecule has 118 valence electrons. The van der Waals surface area contributed by atoms with Gasteiger partial charge in [-0.05, 0) is 32.9 Å². The lowest BCUT2D eigenvalue weighted by atomic mass is 10.1. The second-order valence-electron chi connectivity index (χ2n) is 5.66. The molecule has 0 radical (unpaired) electrons. The number of nitrogens with one attached hydrogen (secondary N) is 1. The van der Waals surface area contributed by atoms with Gasteiger partial charge in [-0.3, -0.25) is 4.21 Å². The van der Waals surface area contributed by atoms with Crippen LogP contribution in [0.1, 0.15) is 31.9 Å².